The molecule has 2 aromatic rings. The van der Waals surface area contributed by atoms with Gasteiger partial charge in [0.05, 0.1) is 7.11 Å². The van der Waals surface area contributed by atoms with Crippen molar-refractivity contribution in [1.29, 1.82) is 0 Å². The van der Waals surface area contributed by atoms with Crippen molar-refractivity contribution in [2.24, 2.45) is 0 Å². The van der Waals surface area contributed by atoms with Crippen LogP contribution < -0.4 is 10.5 Å². The standard InChI is InChI=1S/C11H14N4OS/c1-16-9-4-2-8(3-5-9)6-7-15-10(12)13-14-11(15)17/h2-5H,6-7H2,1H3,(H2,12,13)(H,14,17). The minimum absolute atomic E-state index is 0.420. The van der Waals surface area contributed by atoms with Gasteiger partial charge in [0.2, 0.25) is 5.95 Å². The Kier molecular flexibility index (Phi) is 3.43. The molecule has 0 atom stereocenters. The highest BCUT2D eigenvalue weighted by molar-refractivity contribution is 7.71. The summed E-state index contributed by atoms with van der Waals surface area (Å²) in [4.78, 5) is 0. The molecule has 0 amide bonds. The van der Waals surface area contributed by atoms with Gasteiger partial charge in [-0.25, -0.2) is 5.10 Å². The molecule has 0 radical (unpaired) electrons. The molecule has 1 aromatic carbocycles. The number of nitrogens with zero attached hydrogens (tertiary/aromatic N) is 2. The molecule has 0 bridgehead atoms. The van der Waals surface area contributed by atoms with Crippen molar-refractivity contribution in [2.75, 3.05) is 12.8 Å². The molecular weight excluding hydrogens is 236 g/mol. The first-order valence-corrected chi connectivity index (χ1v) is 5.65. The quantitative estimate of drug-likeness (QED) is 0.811. The second kappa shape index (κ2) is 5.01. The van der Waals surface area contributed by atoms with Gasteiger partial charge in [0, 0.05) is 6.54 Å². The lowest BCUT2D eigenvalue weighted by Gasteiger charge is -2.05. The van der Waals surface area contributed by atoms with Crippen molar-refractivity contribution in [2.45, 2.75) is 13.0 Å². The third-order valence-electron chi connectivity index (χ3n) is 2.57. The van der Waals surface area contributed by atoms with Crippen molar-refractivity contribution in [3.63, 3.8) is 0 Å². The lowest BCUT2D eigenvalue weighted by molar-refractivity contribution is 0.414. The van der Waals surface area contributed by atoms with E-state index in [1.165, 1.54) is 5.56 Å². The van der Waals surface area contributed by atoms with Crippen LogP contribution in [0.2, 0.25) is 0 Å². The van der Waals surface area contributed by atoms with Crippen molar-refractivity contribution in [3.05, 3.63) is 34.6 Å². The summed E-state index contributed by atoms with van der Waals surface area (Å²) in [6, 6.07) is 7.93. The average molecular weight is 250 g/mol. The molecule has 5 nitrogen and oxygen atoms in total. The predicted molar refractivity (Wildman–Crippen MR) is 68.5 cm³/mol. The Morgan fingerprint density at radius 3 is 2.65 bits per heavy atom. The number of aromatic nitrogens is 3. The third-order valence-corrected chi connectivity index (χ3v) is 2.88. The van der Waals surface area contributed by atoms with Crippen LogP contribution in [0.15, 0.2) is 24.3 Å². The minimum Gasteiger partial charge on any atom is -0.497 e. The minimum atomic E-state index is 0.420. The number of methoxy groups -OCH3 is 1. The van der Waals surface area contributed by atoms with Crippen LogP contribution in [-0.4, -0.2) is 21.9 Å². The Balaban J connectivity index is 2.05. The van der Waals surface area contributed by atoms with Crippen LogP contribution in [0.3, 0.4) is 0 Å². The lowest BCUT2D eigenvalue weighted by atomic mass is 10.1. The topological polar surface area (TPSA) is 68.9 Å². The van der Waals surface area contributed by atoms with Crippen LogP contribution in [0.25, 0.3) is 0 Å². The van der Waals surface area contributed by atoms with Crippen molar-refractivity contribution in [3.8, 4) is 5.75 Å². The summed E-state index contributed by atoms with van der Waals surface area (Å²) in [5.74, 6) is 1.27. The van der Waals surface area contributed by atoms with Gasteiger partial charge >= 0.3 is 0 Å². The summed E-state index contributed by atoms with van der Waals surface area (Å²) in [6.45, 7) is 0.716. The van der Waals surface area contributed by atoms with Gasteiger partial charge in [0.15, 0.2) is 4.77 Å². The van der Waals surface area contributed by atoms with Crippen LogP contribution in [0, 0.1) is 4.77 Å². The first-order chi connectivity index (χ1) is 8.20. The first kappa shape index (κ1) is 11.7. The lowest BCUT2D eigenvalue weighted by Crippen LogP contribution is -2.05. The highest BCUT2D eigenvalue weighted by Crippen LogP contribution is 2.12. The van der Waals surface area contributed by atoms with E-state index >= 15 is 0 Å². The Morgan fingerprint density at radius 2 is 2.12 bits per heavy atom. The predicted octanol–water partition coefficient (Wildman–Crippen LogP) is 1.77. The summed E-state index contributed by atoms with van der Waals surface area (Å²) < 4.78 is 7.43. The summed E-state index contributed by atoms with van der Waals surface area (Å²) in [5, 5.41) is 6.52. The number of nitrogens with one attached hydrogen (secondary N) is 1. The fourth-order valence-electron chi connectivity index (χ4n) is 1.58. The summed E-state index contributed by atoms with van der Waals surface area (Å²) in [6.07, 6.45) is 0.849. The van der Waals surface area contributed by atoms with Gasteiger partial charge in [-0.05, 0) is 36.3 Å². The number of ether oxygens (including phenoxy) is 1. The van der Waals surface area contributed by atoms with E-state index in [1.807, 2.05) is 24.3 Å². The highest BCUT2D eigenvalue weighted by atomic mass is 32.1. The molecule has 6 heteroatoms. The van der Waals surface area contributed by atoms with Gasteiger partial charge < -0.3 is 10.5 Å². The molecule has 0 aliphatic heterocycles. The maximum absolute atomic E-state index is 5.69. The van der Waals surface area contributed by atoms with Crippen LogP contribution in [0.1, 0.15) is 5.56 Å². The molecule has 17 heavy (non-hydrogen) atoms. The fourth-order valence-corrected chi connectivity index (χ4v) is 1.81. The Hall–Kier alpha value is -1.82. The Bertz CT molecular complexity index is 543. The average Bonchev–Trinajstić information content (AvgIpc) is 2.67. The zero-order chi connectivity index (χ0) is 12.3. The second-order valence-electron chi connectivity index (χ2n) is 3.64. The second-order valence-corrected chi connectivity index (χ2v) is 4.02. The molecule has 2 rings (SSSR count). The molecule has 1 heterocycles. The van der Waals surface area contributed by atoms with E-state index in [0.29, 0.717) is 17.3 Å². The van der Waals surface area contributed by atoms with E-state index in [1.54, 1.807) is 11.7 Å². The zero-order valence-corrected chi connectivity index (χ0v) is 10.3. The molecule has 3 N–H and O–H groups in total. The Morgan fingerprint density at radius 1 is 1.41 bits per heavy atom. The van der Waals surface area contributed by atoms with Crippen molar-refractivity contribution >= 4 is 18.2 Å². The normalized spacial score (nSPS) is 10.4. The number of nitrogen functional groups attached to an aromatic ring is 1. The molecule has 0 saturated heterocycles. The van der Waals surface area contributed by atoms with E-state index in [0.717, 1.165) is 12.2 Å². The summed E-state index contributed by atoms with van der Waals surface area (Å²) >= 11 is 5.07. The largest absolute Gasteiger partial charge is 0.497 e. The number of benzene rings is 1. The molecule has 0 aliphatic rings. The van der Waals surface area contributed by atoms with E-state index in [4.69, 9.17) is 22.7 Å². The van der Waals surface area contributed by atoms with Crippen LogP contribution in [0.5, 0.6) is 5.75 Å². The van der Waals surface area contributed by atoms with E-state index in [2.05, 4.69) is 10.2 Å². The first-order valence-electron chi connectivity index (χ1n) is 5.24. The monoisotopic (exact) mass is 250 g/mol. The van der Waals surface area contributed by atoms with Crippen molar-refractivity contribution < 1.29 is 4.74 Å². The smallest absolute Gasteiger partial charge is 0.220 e. The molecule has 0 aliphatic carbocycles. The fraction of sp³-hybridized carbons (Fsp3) is 0.273. The number of anilines is 1. The highest BCUT2D eigenvalue weighted by Gasteiger charge is 2.02. The maximum Gasteiger partial charge on any atom is 0.220 e. The SMILES string of the molecule is COc1ccc(CCn2c(N)n[nH]c2=S)cc1. The number of hydrogen-bond donors (Lipinski definition) is 2. The van der Waals surface area contributed by atoms with Gasteiger partial charge in [0.1, 0.15) is 5.75 Å². The van der Waals surface area contributed by atoms with E-state index < -0.39 is 0 Å². The van der Waals surface area contributed by atoms with Gasteiger partial charge in [0.25, 0.3) is 0 Å². The van der Waals surface area contributed by atoms with Crippen LogP contribution in [0.4, 0.5) is 5.95 Å². The molecule has 0 spiro atoms. The van der Waals surface area contributed by atoms with Gasteiger partial charge in [-0.2, -0.15) is 0 Å². The molecule has 90 valence electrons. The Labute approximate surface area is 104 Å². The van der Waals surface area contributed by atoms with Crippen LogP contribution in [-0.2, 0) is 13.0 Å². The van der Waals surface area contributed by atoms with Gasteiger partial charge in [-0.3, -0.25) is 4.57 Å². The third kappa shape index (κ3) is 2.65. The van der Waals surface area contributed by atoms with Gasteiger partial charge in [-0.15, -0.1) is 5.10 Å². The molecular formula is C11H14N4OS. The maximum atomic E-state index is 5.69. The molecule has 0 fully saturated rings. The van der Waals surface area contributed by atoms with Crippen molar-refractivity contribution in [1.82, 2.24) is 14.8 Å². The number of hydrogen-bond acceptors (Lipinski definition) is 4. The van der Waals surface area contributed by atoms with E-state index in [-0.39, 0.29) is 0 Å². The number of H-pyrrole nitrogens is 1. The van der Waals surface area contributed by atoms with E-state index in [9.17, 15) is 0 Å². The number of nitrogens with two attached hydrogens (primary N) is 1. The summed E-state index contributed by atoms with van der Waals surface area (Å²) in [7, 11) is 1.65. The molecule has 0 unspecified atom stereocenters. The number of rotatable bonds is 4. The molecule has 1 aromatic heterocycles. The number of aromatic amines is 1. The molecule has 0 saturated carbocycles. The summed E-state index contributed by atoms with van der Waals surface area (Å²) in [5.41, 5.74) is 6.89. The van der Waals surface area contributed by atoms with Crippen LogP contribution >= 0.6 is 12.2 Å². The zero-order valence-electron chi connectivity index (χ0n) is 9.51. The van der Waals surface area contributed by atoms with Gasteiger partial charge in [-0.1, -0.05) is 12.1 Å². The number of aryl methyl sites for hydroxylation is 1.